The molecule has 0 unspecified atom stereocenters. The van der Waals surface area contributed by atoms with Gasteiger partial charge in [-0.2, -0.15) is 0 Å². The third-order valence-corrected chi connectivity index (χ3v) is 3.79. The van der Waals surface area contributed by atoms with Crippen molar-refractivity contribution in [1.82, 2.24) is 14.9 Å². The highest BCUT2D eigenvalue weighted by Gasteiger charge is 2.20. The second-order valence-electron chi connectivity index (χ2n) is 5.38. The van der Waals surface area contributed by atoms with Gasteiger partial charge in [0.05, 0.1) is 11.3 Å². The van der Waals surface area contributed by atoms with E-state index in [1.807, 2.05) is 31.2 Å². The maximum atomic E-state index is 12.0. The van der Waals surface area contributed by atoms with Crippen molar-refractivity contribution >= 4 is 0 Å². The summed E-state index contributed by atoms with van der Waals surface area (Å²) in [6.07, 6.45) is 6.18. The van der Waals surface area contributed by atoms with Crippen molar-refractivity contribution in [2.24, 2.45) is 0 Å². The molecule has 0 radical (unpaired) electrons. The largest absolute Gasteiger partial charge is 0.310 e. The Balaban J connectivity index is 1.77. The number of hydrogen-bond donors (Lipinski definition) is 1. The summed E-state index contributed by atoms with van der Waals surface area (Å²) < 4.78 is 0. The normalized spacial score (nSPS) is 14.5. The molecule has 4 heteroatoms. The van der Waals surface area contributed by atoms with Crippen molar-refractivity contribution in [1.29, 1.82) is 0 Å². The Labute approximate surface area is 123 Å². The van der Waals surface area contributed by atoms with E-state index in [1.165, 1.54) is 5.56 Å². The van der Waals surface area contributed by atoms with Crippen molar-refractivity contribution in [3.8, 4) is 12.3 Å². The number of fused-ring (bicyclic) bond motifs is 1. The zero-order chi connectivity index (χ0) is 14.8. The quantitative estimate of drug-likeness (QED) is 0.850. The van der Waals surface area contributed by atoms with Crippen molar-refractivity contribution in [3.63, 3.8) is 0 Å². The van der Waals surface area contributed by atoms with Gasteiger partial charge in [-0.25, -0.2) is 4.98 Å². The molecule has 21 heavy (non-hydrogen) atoms. The topological polar surface area (TPSA) is 49.0 Å². The first-order chi connectivity index (χ1) is 10.2. The number of aromatic nitrogens is 2. The number of aromatic amines is 1. The molecule has 0 bridgehead atoms. The highest BCUT2D eigenvalue weighted by molar-refractivity contribution is 5.34. The third kappa shape index (κ3) is 2.88. The smallest absolute Gasteiger partial charge is 0.255 e. The Morgan fingerprint density at radius 1 is 1.38 bits per heavy atom. The molecule has 0 saturated heterocycles. The van der Waals surface area contributed by atoms with E-state index in [1.54, 1.807) is 0 Å². The molecule has 3 rings (SSSR count). The van der Waals surface area contributed by atoms with Crippen LogP contribution < -0.4 is 5.56 Å². The Morgan fingerprint density at radius 3 is 2.86 bits per heavy atom. The van der Waals surface area contributed by atoms with Gasteiger partial charge in [0.15, 0.2) is 0 Å². The molecule has 0 fully saturated rings. The van der Waals surface area contributed by atoms with Crippen LogP contribution in [0.4, 0.5) is 0 Å². The van der Waals surface area contributed by atoms with Gasteiger partial charge in [-0.1, -0.05) is 18.1 Å². The molecule has 1 aliphatic rings. The second kappa shape index (κ2) is 5.55. The predicted molar refractivity (Wildman–Crippen MR) is 81.8 cm³/mol. The number of rotatable bonds is 2. The summed E-state index contributed by atoms with van der Waals surface area (Å²) in [7, 11) is 0. The fourth-order valence-electron chi connectivity index (χ4n) is 2.70. The number of aryl methyl sites for hydroxylation is 1. The maximum Gasteiger partial charge on any atom is 0.255 e. The zero-order valence-corrected chi connectivity index (χ0v) is 12.0. The van der Waals surface area contributed by atoms with E-state index in [0.717, 1.165) is 36.3 Å². The standard InChI is InChI=1S/C17H17N3O/c1-3-13-4-6-14(7-5-13)10-20-9-8-16-15(11-20)17(21)19-12(2)18-16/h1,4-7H,8-11H2,2H3,(H,18,19,21). The Hall–Kier alpha value is -2.38. The Morgan fingerprint density at radius 2 is 2.14 bits per heavy atom. The molecule has 2 aromatic rings. The van der Waals surface area contributed by atoms with Gasteiger partial charge in [-0.3, -0.25) is 9.69 Å². The molecule has 0 aliphatic carbocycles. The summed E-state index contributed by atoms with van der Waals surface area (Å²) in [6.45, 7) is 4.20. The summed E-state index contributed by atoms with van der Waals surface area (Å²) in [6, 6.07) is 7.99. The number of benzene rings is 1. The van der Waals surface area contributed by atoms with Crippen LogP contribution in [0.3, 0.4) is 0 Å². The third-order valence-electron chi connectivity index (χ3n) is 3.79. The molecular weight excluding hydrogens is 262 g/mol. The van der Waals surface area contributed by atoms with E-state index in [2.05, 4.69) is 20.8 Å². The Kier molecular flexibility index (Phi) is 3.59. The molecule has 0 saturated carbocycles. The second-order valence-corrected chi connectivity index (χ2v) is 5.38. The lowest BCUT2D eigenvalue weighted by Gasteiger charge is -2.27. The van der Waals surface area contributed by atoms with Crippen LogP contribution in [0.2, 0.25) is 0 Å². The highest BCUT2D eigenvalue weighted by atomic mass is 16.1. The average Bonchev–Trinajstić information content (AvgIpc) is 2.48. The first-order valence-corrected chi connectivity index (χ1v) is 7.02. The molecule has 106 valence electrons. The van der Waals surface area contributed by atoms with Gasteiger partial charge in [0.1, 0.15) is 5.82 Å². The lowest BCUT2D eigenvalue weighted by Crippen LogP contribution is -2.35. The molecule has 0 amide bonds. The zero-order valence-electron chi connectivity index (χ0n) is 12.0. The predicted octanol–water partition coefficient (Wildman–Crippen LogP) is 1.62. The van der Waals surface area contributed by atoms with E-state index in [0.29, 0.717) is 12.4 Å². The molecular formula is C17H17N3O. The highest BCUT2D eigenvalue weighted by Crippen LogP contribution is 2.16. The minimum Gasteiger partial charge on any atom is -0.310 e. The van der Waals surface area contributed by atoms with Gasteiger partial charge in [-0.15, -0.1) is 6.42 Å². The summed E-state index contributed by atoms with van der Waals surface area (Å²) in [4.78, 5) is 21.5. The summed E-state index contributed by atoms with van der Waals surface area (Å²) >= 11 is 0. The monoisotopic (exact) mass is 279 g/mol. The van der Waals surface area contributed by atoms with Crippen LogP contribution in [0.15, 0.2) is 29.1 Å². The molecule has 0 spiro atoms. The molecule has 1 aliphatic heterocycles. The van der Waals surface area contributed by atoms with E-state index in [-0.39, 0.29) is 5.56 Å². The number of nitrogens with one attached hydrogen (secondary N) is 1. The van der Waals surface area contributed by atoms with Gasteiger partial charge >= 0.3 is 0 Å². The van der Waals surface area contributed by atoms with Crippen LogP contribution in [0.5, 0.6) is 0 Å². The molecule has 0 atom stereocenters. The number of hydrogen-bond acceptors (Lipinski definition) is 3. The first-order valence-electron chi connectivity index (χ1n) is 7.02. The summed E-state index contributed by atoms with van der Waals surface area (Å²) in [5.41, 5.74) is 3.82. The number of H-pyrrole nitrogens is 1. The molecule has 1 aromatic carbocycles. The van der Waals surface area contributed by atoms with Crippen LogP contribution in [0, 0.1) is 19.3 Å². The van der Waals surface area contributed by atoms with E-state index < -0.39 is 0 Å². The van der Waals surface area contributed by atoms with Crippen LogP contribution in [0.25, 0.3) is 0 Å². The first kappa shape index (κ1) is 13.6. The average molecular weight is 279 g/mol. The number of nitrogens with zero attached hydrogens (tertiary/aromatic N) is 2. The maximum absolute atomic E-state index is 12.0. The van der Waals surface area contributed by atoms with E-state index >= 15 is 0 Å². The SMILES string of the molecule is C#Cc1ccc(CN2CCc3nc(C)[nH]c(=O)c3C2)cc1. The Bertz CT molecular complexity index is 753. The lowest BCUT2D eigenvalue weighted by atomic mass is 10.1. The van der Waals surface area contributed by atoms with Crippen molar-refractivity contribution < 1.29 is 0 Å². The van der Waals surface area contributed by atoms with Crippen molar-refractivity contribution in [3.05, 3.63) is 62.8 Å². The van der Waals surface area contributed by atoms with E-state index in [4.69, 9.17) is 6.42 Å². The fourth-order valence-corrected chi connectivity index (χ4v) is 2.70. The molecule has 1 aromatic heterocycles. The molecule has 2 heterocycles. The van der Waals surface area contributed by atoms with Gasteiger partial charge < -0.3 is 4.98 Å². The van der Waals surface area contributed by atoms with Crippen molar-refractivity contribution in [2.45, 2.75) is 26.4 Å². The fraction of sp³-hybridized carbons (Fsp3) is 0.294. The molecule has 1 N–H and O–H groups in total. The van der Waals surface area contributed by atoms with E-state index in [9.17, 15) is 4.79 Å². The summed E-state index contributed by atoms with van der Waals surface area (Å²) in [5, 5.41) is 0. The lowest BCUT2D eigenvalue weighted by molar-refractivity contribution is 0.241. The number of terminal acetylenes is 1. The van der Waals surface area contributed by atoms with Crippen LogP contribution >= 0.6 is 0 Å². The minimum absolute atomic E-state index is 0.00937. The van der Waals surface area contributed by atoms with Crippen molar-refractivity contribution in [2.75, 3.05) is 6.54 Å². The minimum atomic E-state index is -0.00937. The van der Waals surface area contributed by atoms with Crippen LogP contribution in [-0.4, -0.2) is 21.4 Å². The summed E-state index contributed by atoms with van der Waals surface area (Å²) in [5.74, 6) is 3.31. The van der Waals surface area contributed by atoms with Gasteiger partial charge in [0.25, 0.3) is 5.56 Å². The van der Waals surface area contributed by atoms with Crippen LogP contribution in [-0.2, 0) is 19.5 Å². The van der Waals surface area contributed by atoms with Gasteiger partial charge in [0.2, 0.25) is 0 Å². The molecule has 4 nitrogen and oxygen atoms in total. The van der Waals surface area contributed by atoms with Gasteiger partial charge in [0, 0.05) is 31.6 Å². The van der Waals surface area contributed by atoms with Gasteiger partial charge in [-0.05, 0) is 24.6 Å². The van der Waals surface area contributed by atoms with Crippen LogP contribution in [0.1, 0.15) is 28.2 Å².